The van der Waals surface area contributed by atoms with E-state index < -0.39 is 23.9 Å². The van der Waals surface area contributed by atoms with Crippen LogP contribution >= 0.6 is 0 Å². The standard InChI is InChI=1S/C13H23BN4O2/c1-11(2,16)10-17-7-8(9(15)18-10)14-19-12(3,4)13(5,6)20-14/h7H,16H2,1-6H3,(H2,15,17,18). The molecule has 2 rings (SSSR count). The van der Waals surface area contributed by atoms with Gasteiger partial charge in [0.1, 0.15) is 11.6 Å². The van der Waals surface area contributed by atoms with E-state index in [1.807, 2.05) is 41.5 Å². The third-order valence-corrected chi connectivity index (χ3v) is 3.93. The summed E-state index contributed by atoms with van der Waals surface area (Å²) < 4.78 is 11.9. The minimum Gasteiger partial charge on any atom is -0.399 e. The maximum absolute atomic E-state index is 6.01. The lowest BCUT2D eigenvalue weighted by molar-refractivity contribution is 0.00578. The molecule has 0 aliphatic carbocycles. The zero-order chi connectivity index (χ0) is 15.3. The highest BCUT2D eigenvalue weighted by molar-refractivity contribution is 6.63. The number of nitrogens with zero attached hydrogens (tertiary/aromatic N) is 2. The van der Waals surface area contributed by atoms with Crippen molar-refractivity contribution in [3.05, 3.63) is 12.0 Å². The zero-order valence-electron chi connectivity index (χ0n) is 13.0. The van der Waals surface area contributed by atoms with Crippen molar-refractivity contribution in [1.82, 2.24) is 9.97 Å². The van der Waals surface area contributed by atoms with E-state index in [0.29, 0.717) is 17.1 Å². The molecule has 7 heteroatoms. The van der Waals surface area contributed by atoms with E-state index in [9.17, 15) is 0 Å². The van der Waals surface area contributed by atoms with Crippen molar-refractivity contribution in [3.63, 3.8) is 0 Å². The molecule has 0 amide bonds. The average Bonchev–Trinajstić information content (AvgIpc) is 2.46. The van der Waals surface area contributed by atoms with Crippen molar-refractivity contribution in [3.8, 4) is 0 Å². The largest absolute Gasteiger partial charge is 0.500 e. The molecule has 110 valence electrons. The van der Waals surface area contributed by atoms with Gasteiger partial charge in [0.2, 0.25) is 0 Å². The summed E-state index contributed by atoms with van der Waals surface area (Å²) in [4.78, 5) is 8.54. The second kappa shape index (κ2) is 4.41. The number of aromatic nitrogens is 2. The number of nitrogen functional groups attached to an aromatic ring is 1. The van der Waals surface area contributed by atoms with Gasteiger partial charge in [0.25, 0.3) is 0 Å². The monoisotopic (exact) mass is 278 g/mol. The molecule has 4 N–H and O–H groups in total. The molecule has 1 aromatic rings. The molecule has 0 bridgehead atoms. The maximum atomic E-state index is 6.01. The Morgan fingerprint density at radius 1 is 1.15 bits per heavy atom. The summed E-state index contributed by atoms with van der Waals surface area (Å²) in [5, 5.41) is 0. The average molecular weight is 278 g/mol. The fourth-order valence-corrected chi connectivity index (χ4v) is 1.87. The van der Waals surface area contributed by atoms with Crippen LogP contribution in [0.2, 0.25) is 0 Å². The second-order valence-electron chi connectivity index (χ2n) is 6.84. The second-order valence-corrected chi connectivity index (χ2v) is 6.84. The van der Waals surface area contributed by atoms with Gasteiger partial charge in [-0.25, -0.2) is 9.97 Å². The van der Waals surface area contributed by atoms with Gasteiger partial charge in [0, 0.05) is 11.7 Å². The summed E-state index contributed by atoms with van der Waals surface area (Å²) in [5.41, 5.74) is 11.1. The Kier molecular flexibility index (Phi) is 3.36. The molecule has 1 aromatic heterocycles. The van der Waals surface area contributed by atoms with E-state index in [1.165, 1.54) is 0 Å². The lowest BCUT2D eigenvalue weighted by atomic mass is 9.80. The van der Waals surface area contributed by atoms with Crippen LogP contribution in [0.4, 0.5) is 5.82 Å². The number of anilines is 1. The molecular formula is C13H23BN4O2. The van der Waals surface area contributed by atoms with Gasteiger partial charge < -0.3 is 20.8 Å². The van der Waals surface area contributed by atoms with Crippen molar-refractivity contribution in [1.29, 1.82) is 0 Å². The third-order valence-electron chi connectivity index (χ3n) is 3.93. The van der Waals surface area contributed by atoms with Crippen molar-refractivity contribution in [2.24, 2.45) is 5.73 Å². The van der Waals surface area contributed by atoms with E-state index in [2.05, 4.69) is 9.97 Å². The predicted octanol–water partition coefficient (Wildman–Crippen LogP) is 0.552. The van der Waals surface area contributed by atoms with Crippen molar-refractivity contribution >= 4 is 18.4 Å². The third kappa shape index (κ3) is 2.53. The van der Waals surface area contributed by atoms with Crippen LogP contribution in [-0.2, 0) is 14.8 Å². The Morgan fingerprint density at radius 3 is 2.05 bits per heavy atom. The lowest BCUT2D eigenvalue weighted by Crippen LogP contribution is -2.41. The predicted molar refractivity (Wildman–Crippen MR) is 79.4 cm³/mol. The molecule has 1 aliphatic heterocycles. The number of hydrogen-bond donors (Lipinski definition) is 2. The Bertz CT molecular complexity index is 510. The molecule has 0 radical (unpaired) electrons. The van der Waals surface area contributed by atoms with Crippen LogP contribution in [-0.4, -0.2) is 28.3 Å². The fourth-order valence-electron chi connectivity index (χ4n) is 1.87. The van der Waals surface area contributed by atoms with Crippen LogP contribution < -0.4 is 16.9 Å². The van der Waals surface area contributed by atoms with E-state index in [0.717, 1.165) is 0 Å². The summed E-state index contributed by atoms with van der Waals surface area (Å²) in [6, 6.07) is 0. The summed E-state index contributed by atoms with van der Waals surface area (Å²) >= 11 is 0. The Hall–Kier alpha value is -1.18. The molecule has 1 aliphatic rings. The molecule has 6 nitrogen and oxygen atoms in total. The Morgan fingerprint density at radius 2 is 1.65 bits per heavy atom. The van der Waals surface area contributed by atoms with Crippen LogP contribution in [0.15, 0.2) is 6.20 Å². The SMILES string of the molecule is CC(C)(N)c1ncc(B2OC(C)(C)C(C)(C)O2)c(N)n1. The van der Waals surface area contributed by atoms with Crippen LogP contribution in [0.1, 0.15) is 47.4 Å². The van der Waals surface area contributed by atoms with Crippen LogP contribution in [0.25, 0.3) is 0 Å². The highest BCUT2D eigenvalue weighted by Crippen LogP contribution is 2.36. The van der Waals surface area contributed by atoms with Gasteiger partial charge in [-0.05, 0) is 41.5 Å². The molecule has 0 atom stereocenters. The first-order valence-electron chi connectivity index (χ1n) is 6.71. The molecule has 0 unspecified atom stereocenters. The number of nitrogens with two attached hydrogens (primary N) is 2. The van der Waals surface area contributed by atoms with Crippen LogP contribution in [0.5, 0.6) is 0 Å². The molecule has 1 saturated heterocycles. The fraction of sp³-hybridized carbons (Fsp3) is 0.692. The summed E-state index contributed by atoms with van der Waals surface area (Å²) in [5.74, 6) is 0.835. The van der Waals surface area contributed by atoms with E-state index in [4.69, 9.17) is 20.8 Å². The molecule has 2 heterocycles. The smallest absolute Gasteiger partial charge is 0.399 e. The van der Waals surface area contributed by atoms with Gasteiger partial charge in [-0.3, -0.25) is 0 Å². The van der Waals surface area contributed by atoms with Gasteiger partial charge in [0.05, 0.1) is 16.7 Å². The van der Waals surface area contributed by atoms with Gasteiger partial charge in [-0.15, -0.1) is 0 Å². The van der Waals surface area contributed by atoms with Crippen molar-refractivity contribution < 1.29 is 9.31 Å². The molecule has 1 fully saturated rings. The quantitative estimate of drug-likeness (QED) is 0.767. The van der Waals surface area contributed by atoms with E-state index in [-0.39, 0.29) is 0 Å². The first kappa shape index (κ1) is 15.2. The molecule has 0 aromatic carbocycles. The van der Waals surface area contributed by atoms with Gasteiger partial charge >= 0.3 is 7.12 Å². The van der Waals surface area contributed by atoms with Crippen LogP contribution in [0, 0.1) is 0 Å². The number of hydrogen-bond acceptors (Lipinski definition) is 6. The van der Waals surface area contributed by atoms with E-state index in [1.54, 1.807) is 6.20 Å². The normalized spacial score (nSPS) is 21.2. The topological polar surface area (TPSA) is 96.3 Å². The molecule has 20 heavy (non-hydrogen) atoms. The van der Waals surface area contributed by atoms with Gasteiger partial charge in [0.15, 0.2) is 0 Å². The zero-order valence-corrected chi connectivity index (χ0v) is 13.0. The van der Waals surface area contributed by atoms with Gasteiger partial charge in [-0.1, -0.05) is 0 Å². The first-order chi connectivity index (χ1) is 8.94. The minimum absolute atomic E-state index is 0.340. The van der Waals surface area contributed by atoms with E-state index >= 15 is 0 Å². The maximum Gasteiger partial charge on any atom is 0.500 e. The summed E-state index contributed by atoms with van der Waals surface area (Å²) in [6.45, 7) is 11.6. The molecule has 0 saturated carbocycles. The van der Waals surface area contributed by atoms with Crippen molar-refractivity contribution in [2.75, 3.05) is 5.73 Å². The molecule has 0 spiro atoms. The van der Waals surface area contributed by atoms with Crippen LogP contribution in [0.3, 0.4) is 0 Å². The highest BCUT2D eigenvalue weighted by Gasteiger charge is 2.52. The molecular weight excluding hydrogens is 255 g/mol. The Labute approximate surface area is 120 Å². The number of rotatable bonds is 2. The summed E-state index contributed by atoms with van der Waals surface area (Å²) in [7, 11) is -0.560. The highest BCUT2D eigenvalue weighted by atomic mass is 16.7. The first-order valence-corrected chi connectivity index (χ1v) is 6.71. The Balaban J connectivity index is 2.33. The lowest BCUT2D eigenvalue weighted by Gasteiger charge is -2.32. The van der Waals surface area contributed by atoms with Gasteiger partial charge in [-0.2, -0.15) is 0 Å². The summed E-state index contributed by atoms with van der Waals surface area (Å²) in [6.07, 6.45) is 1.63. The minimum atomic E-state index is -0.636. The van der Waals surface area contributed by atoms with Crippen molar-refractivity contribution in [2.45, 2.75) is 58.3 Å².